The molecule has 2 nitrogen and oxygen atoms in total. The minimum atomic E-state index is 0.697. The van der Waals surface area contributed by atoms with Crippen LogP contribution in [0.1, 0.15) is 26.7 Å². The Morgan fingerprint density at radius 2 is 2.18 bits per heavy atom. The molecule has 1 rings (SSSR count). The van der Waals surface area contributed by atoms with Crippen molar-refractivity contribution < 1.29 is 0 Å². The van der Waals surface area contributed by atoms with Crippen molar-refractivity contribution >= 4 is 0 Å². The van der Waals surface area contributed by atoms with Gasteiger partial charge in [0.25, 0.3) is 0 Å². The van der Waals surface area contributed by atoms with Gasteiger partial charge in [-0.2, -0.15) is 0 Å². The summed E-state index contributed by atoms with van der Waals surface area (Å²) in [6.45, 7) is 6.50. The van der Waals surface area contributed by atoms with Gasteiger partial charge in [-0.25, -0.2) is 0 Å². The van der Waals surface area contributed by atoms with E-state index in [4.69, 9.17) is 5.73 Å². The van der Waals surface area contributed by atoms with Gasteiger partial charge >= 0.3 is 0 Å². The van der Waals surface area contributed by atoms with Crippen molar-refractivity contribution in [1.82, 2.24) is 5.32 Å². The van der Waals surface area contributed by atoms with Gasteiger partial charge in [-0.3, -0.25) is 0 Å². The van der Waals surface area contributed by atoms with Crippen molar-refractivity contribution in [2.45, 2.75) is 32.7 Å². The van der Waals surface area contributed by atoms with Crippen LogP contribution >= 0.6 is 0 Å². The predicted octanol–water partition coefficient (Wildman–Crippen LogP) is 0.969. The lowest BCUT2D eigenvalue weighted by atomic mass is 9.82. The van der Waals surface area contributed by atoms with Crippen LogP contribution in [0.3, 0.4) is 0 Å². The first-order valence-corrected chi connectivity index (χ1v) is 4.71. The van der Waals surface area contributed by atoms with Crippen molar-refractivity contribution in [2.24, 2.45) is 17.6 Å². The number of hydrogen-bond donors (Lipinski definition) is 2. The summed E-state index contributed by atoms with van der Waals surface area (Å²) in [7, 11) is 0. The van der Waals surface area contributed by atoms with Crippen molar-refractivity contribution in [1.29, 1.82) is 0 Å². The third-order valence-corrected chi connectivity index (χ3v) is 2.88. The number of piperidine rings is 1. The molecular weight excluding hydrogens is 136 g/mol. The monoisotopic (exact) mass is 156 g/mol. The molecule has 1 saturated heterocycles. The molecule has 0 aromatic carbocycles. The topological polar surface area (TPSA) is 38.0 Å². The number of rotatable bonds is 2. The zero-order chi connectivity index (χ0) is 8.27. The largest absolute Gasteiger partial charge is 0.330 e. The van der Waals surface area contributed by atoms with Gasteiger partial charge < -0.3 is 11.1 Å². The molecule has 0 spiro atoms. The van der Waals surface area contributed by atoms with E-state index in [1.807, 2.05) is 0 Å². The smallest absolute Gasteiger partial charge is 0.00416 e. The number of hydrogen-bond acceptors (Lipinski definition) is 2. The lowest BCUT2D eigenvalue weighted by molar-refractivity contribution is 0.216. The van der Waals surface area contributed by atoms with Gasteiger partial charge in [0.1, 0.15) is 0 Å². The molecule has 11 heavy (non-hydrogen) atoms. The average molecular weight is 156 g/mol. The summed E-state index contributed by atoms with van der Waals surface area (Å²) in [5.41, 5.74) is 5.67. The highest BCUT2D eigenvalue weighted by Crippen LogP contribution is 2.24. The fourth-order valence-corrected chi connectivity index (χ4v) is 2.02. The minimum Gasteiger partial charge on any atom is -0.330 e. The summed E-state index contributed by atoms with van der Waals surface area (Å²) >= 11 is 0. The first-order valence-electron chi connectivity index (χ1n) is 4.71. The maximum absolute atomic E-state index is 5.67. The fourth-order valence-electron chi connectivity index (χ4n) is 2.02. The second-order valence-electron chi connectivity index (χ2n) is 3.71. The van der Waals surface area contributed by atoms with Gasteiger partial charge in [-0.15, -0.1) is 0 Å². The molecule has 3 N–H and O–H groups in total. The quantitative estimate of drug-likeness (QED) is 0.625. The Hall–Kier alpha value is -0.0800. The maximum atomic E-state index is 5.67. The van der Waals surface area contributed by atoms with Crippen LogP contribution in [0.25, 0.3) is 0 Å². The van der Waals surface area contributed by atoms with Gasteiger partial charge in [0, 0.05) is 6.04 Å². The zero-order valence-electron chi connectivity index (χ0n) is 7.64. The Kier molecular flexibility index (Phi) is 3.34. The lowest BCUT2D eigenvalue weighted by Crippen LogP contribution is -2.44. The van der Waals surface area contributed by atoms with E-state index in [9.17, 15) is 0 Å². The lowest BCUT2D eigenvalue weighted by Gasteiger charge is -2.34. The van der Waals surface area contributed by atoms with E-state index in [-0.39, 0.29) is 0 Å². The first-order chi connectivity index (χ1) is 5.27. The molecule has 0 aliphatic carbocycles. The normalized spacial score (nSPS) is 39.0. The van der Waals surface area contributed by atoms with Crippen molar-refractivity contribution in [3.8, 4) is 0 Å². The van der Waals surface area contributed by atoms with Crippen molar-refractivity contribution in [2.75, 3.05) is 13.1 Å². The molecule has 1 aliphatic rings. The van der Waals surface area contributed by atoms with Crippen LogP contribution in [0, 0.1) is 11.8 Å². The van der Waals surface area contributed by atoms with E-state index >= 15 is 0 Å². The average Bonchev–Trinajstić information content (AvgIpc) is 2.04. The van der Waals surface area contributed by atoms with Crippen LogP contribution in [0.15, 0.2) is 0 Å². The highest BCUT2D eigenvalue weighted by molar-refractivity contribution is 4.81. The molecule has 2 heteroatoms. The van der Waals surface area contributed by atoms with Gasteiger partial charge in [-0.05, 0) is 38.3 Å². The second kappa shape index (κ2) is 4.07. The van der Waals surface area contributed by atoms with E-state index in [1.165, 1.54) is 12.8 Å². The Balaban J connectivity index is 2.41. The van der Waals surface area contributed by atoms with E-state index in [0.29, 0.717) is 6.04 Å². The molecule has 0 saturated carbocycles. The molecule has 1 heterocycles. The first kappa shape index (κ1) is 9.01. The Morgan fingerprint density at radius 3 is 2.73 bits per heavy atom. The summed E-state index contributed by atoms with van der Waals surface area (Å²) in [6, 6.07) is 0.697. The molecule has 1 aliphatic heterocycles. The third-order valence-electron chi connectivity index (χ3n) is 2.88. The molecule has 0 radical (unpaired) electrons. The summed E-state index contributed by atoms with van der Waals surface area (Å²) in [4.78, 5) is 0. The molecular formula is C9H20N2. The second-order valence-corrected chi connectivity index (χ2v) is 3.71. The number of nitrogens with two attached hydrogens (primary N) is 1. The molecule has 0 amide bonds. The number of nitrogens with one attached hydrogen (secondary N) is 1. The van der Waals surface area contributed by atoms with Crippen molar-refractivity contribution in [3.05, 3.63) is 0 Å². The summed E-state index contributed by atoms with van der Waals surface area (Å²) in [5.74, 6) is 1.58. The molecule has 66 valence electrons. The van der Waals surface area contributed by atoms with Crippen molar-refractivity contribution in [3.63, 3.8) is 0 Å². The molecule has 0 aromatic heterocycles. The molecule has 1 fully saturated rings. The fraction of sp³-hybridized carbons (Fsp3) is 1.00. The van der Waals surface area contributed by atoms with Crippen LogP contribution in [-0.4, -0.2) is 19.1 Å². The summed E-state index contributed by atoms with van der Waals surface area (Å²) in [5, 5.41) is 3.47. The van der Waals surface area contributed by atoms with Gasteiger partial charge in [0.2, 0.25) is 0 Å². The van der Waals surface area contributed by atoms with Crippen LogP contribution in [0.2, 0.25) is 0 Å². The molecule has 0 aromatic rings. The maximum Gasteiger partial charge on any atom is 0.00416 e. The van der Waals surface area contributed by atoms with Crippen LogP contribution in [0.4, 0.5) is 0 Å². The Bertz CT molecular complexity index is 114. The highest BCUT2D eigenvalue weighted by atomic mass is 14.9. The molecule has 0 bridgehead atoms. The van der Waals surface area contributed by atoms with Gasteiger partial charge in [0.05, 0.1) is 0 Å². The standard InChI is InChI=1S/C9H20N2/c1-3-8-4-7(2)11-6-9(8)5-10/h7-9,11H,3-6,10H2,1-2H3. The summed E-state index contributed by atoms with van der Waals surface area (Å²) < 4.78 is 0. The van der Waals surface area contributed by atoms with Gasteiger partial charge in [-0.1, -0.05) is 13.3 Å². The van der Waals surface area contributed by atoms with E-state index in [2.05, 4.69) is 19.2 Å². The van der Waals surface area contributed by atoms with Gasteiger partial charge in [0.15, 0.2) is 0 Å². The van der Waals surface area contributed by atoms with Crippen LogP contribution in [0.5, 0.6) is 0 Å². The van der Waals surface area contributed by atoms with E-state index in [0.717, 1.165) is 24.9 Å². The van der Waals surface area contributed by atoms with Crippen LogP contribution < -0.4 is 11.1 Å². The third kappa shape index (κ3) is 2.17. The Morgan fingerprint density at radius 1 is 1.45 bits per heavy atom. The minimum absolute atomic E-state index is 0.697. The SMILES string of the molecule is CCC1CC(C)NCC1CN. The zero-order valence-corrected chi connectivity index (χ0v) is 7.64. The van der Waals surface area contributed by atoms with E-state index < -0.39 is 0 Å². The van der Waals surface area contributed by atoms with Crippen LogP contribution in [-0.2, 0) is 0 Å². The predicted molar refractivity (Wildman–Crippen MR) is 48.4 cm³/mol. The Labute approximate surface area is 69.5 Å². The molecule has 3 unspecified atom stereocenters. The molecule has 3 atom stereocenters. The summed E-state index contributed by atoms with van der Waals surface area (Å²) in [6.07, 6.45) is 2.59. The van der Waals surface area contributed by atoms with E-state index in [1.54, 1.807) is 0 Å². The highest BCUT2D eigenvalue weighted by Gasteiger charge is 2.25.